The molecule has 4 aromatic rings. The highest BCUT2D eigenvalue weighted by Gasteiger charge is 2.18. The van der Waals surface area contributed by atoms with Crippen LogP contribution in [0.4, 0.5) is 0 Å². The maximum Gasteiger partial charge on any atom is 0.281 e. The van der Waals surface area contributed by atoms with Gasteiger partial charge in [-0.15, -0.1) is 11.3 Å². The molecule has 3 heterocycles. The number of hydrazine groups is 1. The van der Waals surface area contributed by atoms with Crippen LogP contribution >= 0.6 is 11.3 Å². The van der Waals surface area contributed by atoms with Crippen LogP contribution in [0.25, 0.3) is 21.5 Å². The van der Waals surface area contributed by atoms with Crippen molar-refractivity contribution in [3.05, 3.63) is 80.8 Å². The number of benzene rings is 2. The Hall–Kier alpha value is -3.85. The van der Waals surface area contributed by atoms with Crippen molar-refractivity contribution in [2.45, 2.75) is 39.2 Å². The number of carbonyl (C=O) groups excluding carboxylic acids is 2. The Morgan fingerprint density at radius 1 is 0.971 bits per heavy atom. The van der Waals surface area contributed by atoms with Gasteiger partial charge in [0.25, 0.3) is 17.4 Å². The largest absolute Gasteiger partial charge is 0.296 e. The highest BCUT2D eigenvalue weighted by Crippen LogP contribution is 2.27. The van der Waals surface area contributed by atoms with E-state index >= 15 is 0 Å². The first-order valence-corrected chi connectivity index (χ1v) is 12.0. The summed E-state index contributed by atoms with van der Waals surface area (Å²) in [6.45, 7) is 2.44. The molecule has 0 spiro atoms. The molecule has 1 aliphatic heterocycles. The lowest BCUT2D eigenvalue weighted by molar-refractivity contribution is 0.0848. The Morgan fingerprint density at radius 3 is 2.59 bits per heavy atom. The number of aromatic nitrogens is 3. The second-order valence-electron chi connectivity index (χ2n) is 8.24. The van der Waals surface area contributed by atoms with Gasteiger partial charge in [0.1, 0.15) is 15.7 Å². The molecular formula is C25H23N5O3S. The number of aryl methyl sites for hydroxylation is 2. The minimum atomic E-state index is -0.488. The number of amides is 2. The van der Waals surface area contributed by atoms with Gasteiger partial charge in [0.05, 0.1) is 16.6 Å². The van der Waals surface area contributed by atoms with Crippen LogP contribution in [0.1, 0.15) is 50.8 Å². The summed E-state index contributed by atoms with van der Waals surface area (Å²) in [5, 5.41) is 1.22. The summed E-state index contributed by atoms with van der Waals surface area (Å²) in [6, 6.07) is 14.4. The summed E-state index contributed by atoms with van der Waals surface area (Å²) in [7, 11) is 0. The quantitative estimate of drug-likeness (QED) is 0.442. The zero-order valence-corrected chi connectivity index (χ0v) is 19.4. The topological polar surface area (TPSA) is 106 Å². The fraction of sp³-hybridized carbons (Fsp3) is 0.240. The van der Waals surface area contributed by atoms with Crippen molar-refractivity contribution in [2.75, 3.05) is 0 Å². The molecule has 0 atom stereocenters. The van der Waals surface area contributed by atoms with E-state index in [0.29, 0.717) is 33.6 Å². The predicted molar refractivity (Wildman–Crippen MR) is 131 cm³/mol. The molecule has 1 aliphatic rings. The van der Waals surface area contributed by atoms with Crippen LogP contribution < -0.4 is 16.4 Å². The Morgan fingerprint density at radius 2 is 1.76 bits per heavy atom. The molecule has 2 aromatic carbocycles. The minimum Gasteiger partial charge on any atom is -0.296 e. The van der Waals surface area contributed by atoms with Crippen LogP contribution in [0, 0.1) is 6.92 Å². The van der Waals surface area contributed by atoms with Gasteiger partial charge >= 0.3 is 0 Å². The Balaban J connectivity index is 1.33. The minimum absolute atomic E-state index is 0.0722. The molecule has 172 valence electrons. The van der Waals surface area contributed by atoms with Crippen molar-refractivity contribution >= 4 is 34.1 Å². The van der Waals surface area contributed by atoms with Gasteiger partial charge in [-0.05, 0) is 38.0 Å². The second-order valence-corrected chi connectivity index (χ2v) is 9.23. The molecule has 0 saturated carbocycles. The third kappa shape index (κ3) is 4.22. The number of fused-ring (bicyclic) bond motifs is 2. The van der Waals surface area contributed by atoms with Crippen LogP contribution in [-0.2, 0) is 13.0 Å². The summed E-state index contributed by atoms with van der Waals surface area (Å²) in [5.74, 6) is -0.165. The number of hydrogen-bond acceptors (Lipinski definition) is 6. The number of hydrogen-bond donors (Lipinski definition) is 2. The van der Waals surface area contributed by atoms with Crippen molar-refractivity contribution in [3.8, 4) is 10.6 Å². The van der Waals surface area contributed by atoms with E-state index in [-0.39, 0.29) is 5.56 Å². The van der Waals surface area contributed by atoms with Crippen molar-refractivity contribution in [1.29, 1.82) is 0 Å². The SMILES string of the molecule is Cc1nc(-c2ccccc2)sc1C(=O)NNC(=O)c1ccc2c(=O)n3c(nc2c1)CCCCC3. The van der Waals surface area contributed by atoms with Gasteiger partial charge in [-0.1, -0.05) is 36.8 Å². The predicted octanol–water partition coefficient (Wildman–Crippen LogP) is 3.63. The van der Waals surface area contributed by atoms with Crippen molar-refractivity contribution in [1.82, 2.24) is 25.4 Å². The van der Waals surface area contributed by atoms with Gasteiger partial charge < -0.3 is 0 Å². The maximum absolute atomic E-state index is 12.9. The van der Waals surface area contributed by atoms with Gasteiger partial charge in [0.2, 0.25) is 0 Å². The van der Waals surface area contributed by atoms with Gasteiger partial charge in [-0.25, -0.2) is 9.97 Å². The van der Waals surface area contributed by atoms with Crippen LogP contribution in [0.5, 0.6) is 0 Å². The first-order valence-electron chi connectivity index (χ1n) is 11.2. The molecule has 5 rings (SSSR count). The van der Waals surface area contributed by atoms with Crippen molar-refractivity contribution in [3.63, 3.8) is 0 Å². The summed E-state index contributed by atoms with van der Waals surface area (Å²) in [6.07, 6.45) is 3.77. The second kappa shape index (κ2) is 9.18. The summed E-state index contributed by atoms with van der Waals surface area (Å²) in [5.41, 5.74) is 7.16. The van der Waals surface area contributed by atoms with Gasteiger partial charge in [-0.3, -0.25) is 29.8 Å². The highest BCUT2D eigenvalue weighted by molar-refractivity contribution is 7.17. The molecule has 2 amide bonds. The number of nitrogens with zero attached hydrogens (tertiary/aromatic N) is 3. The molecule has 2 aromatic heterocycles. The Bertz CT molecular complexity index is 1460. The lowest BCUT2D eigenvalue weighted by Crippen LogP contribution is -2.41. The number of rotatable bonds is 3. The molecule has 0 saturated heterocycles. The zero-order valence-electron chi connectivity index (χ0n) is 18.6. The van der Waals surface area contributed by atoms with Crippen LogP contribution in [-0.4, -0.2) is 26.3 Å². The first-order chi connectivity index (χ1) is 16.5. The number of nitrogens with one attached hydrogen (secondary N) is 2. The van der Waals surface area contributed by atoms with E-state index in [1.807, 2.05) is 30.3 Å². The summed E-state index contributed by atoms with van der Waals surface area (Å²) < 4.78 is 1.75. The van der Waals surface area contributed by atoms with Gasteiger partial charge in [0, 0.05) is 24.1 Å². The van der Waals surface area contributed by atoms with E-state index in [1.165, 1.54) is 11.3 Å². The summed E-state index contributed by atoms with van der Waals surface area (Å²) in [4.78, 5) is 47.8. The standard InChI is InChI=1S/C25H23N5O3S/c1-15-21(34-24(26-15)16-8-4-2-5-9-16)23(32)29-28-22(31)17-11-12-18-19(14-17)27-20-10-6-3-7-13-30(20)25(18)33/h2,4-5,8-9,11-12,14H,3,6-7,10,13H2,1H3,(H,28,31)(H,29,32). The van der Waals surface area contributed by atoms with E-state index in [4.69, 9.17) is 0 Å². The zero-order chi connectivity index (χ0) is 23.7. The molecule has 0 radical (unpaired) electrons. The van der Waals surface area contributed by atoms with Crippen LogP contribution in [0.2, 0.25) is 0 Å². The fourth-order valence-corrected chi connectivity index (χ4v) is 5.08. The molecular weight excluding hydrogens is 450 g/mol. The van der Waals surface area contributed by atoms with E-state index < -0.39 is 11.8 Å². The number of carbonyl (C=O) groups is 2. The fourth-order valence-electron chi connectivity index (χ4n) is 4.11. The third-order valence-electron chi connectivity index (χ3n) is 5.89. The molecule has 8 nitrogen and oxygen atoms in total. The highest BCUT2D eigenvalue weighted by atomic mass is 32.1. The van der Waals surface area contributed by atoms with Crippen molar-refractivity contribution < 1.29 is 9.59 Å². The van der Waals surface area contributed by atoms with Crippen LogP contribution in [0.3, 0.4) is 0 Å². The molecule has 9 heteroatoms. The smallest absolute Gasteiger partial charge is 0.281 e. The maximum atomic E-state index is 12.9. The van der Waals surface area contributed by atoms with E-state index in [2.05, 4.69) is 20.8 Å². The molecule has 0 bridgehead atoms. The molecule has 2 N–H and O–H groups in total. The molecule has 0 fully saturated rings. The molecule has 0 aliphatic carbocycles. The van der Waals surface area contributed by atoms with E-state index in [9.17, 15) is 14.4 Å². The average molecular weight is 474 g/mol. The molecule has 0 unspecified atom stereocenters. The van der Waals surface area contributed by atoms with E-state index in [0.717, 1.165) is 42.1 Å². The summed E-state index contributed by atoms with van der Waals surface area (Å²) >= 11 is 1.26. The monoisotopic (exact) mass is 473 g/mol. The average Bonchev–Trinajstić information content (AvgIpc) is 3.09. The van der Waals surface area contributed by atoms with Gasteiger partial charge in [0.15, 0.2) is 0 Å². The van der Waals surface area contributed by atoms with Crippen molar-refractivity contribution in [2.24, 2.45) is 0 Å². The molecule has 34 heavy (non-hydrogen) atoms. The lowest BCUT2D eigenvalue weighted by Gasteiger charge is -2.11. The lowest BCUT2D eigenvalue weighted by atomic mass is 10.1. The number of thiazole rings is 1. The van der Waals surface area contributed by atoms with Gasteiger partial charge in [-0.2, -0.15) is 0 Å². The Kier molecular flexibility index (Phi) is 5.93. The van der Waals surface area contributed by atoms with Crippen LogP contribution in [0.15, 0.2) is 53.3 Å². The normalized spacial score (nSPS) is 13.2. The first kappa shape index (κ1) is 22.0. The van der Waals surface area contributed by atoms with E-state index in [1.54, 1.807) is 29.7 Å². The third-order valence-corrected chi connectivity index (χ3v) is 7.10. The Labute approximate surface area is 199 Å².